The minimum atomic E-state index is -0.740. The Morgan fingerprint density at radius 2 is 2.06 bits per heavy atom. The molecule has 8 nitrogen and oxygen atoms in total. The summed E-state index contributed by atoms with van der Waals surface area (Å²) in [6.45, 7) is 4.20. The number of hydrogen-bond donors (Lipinski definition) is 0. The van der Waals surface area contributed by atoms with Crippen LogP contribution in [0, 0.1) is 16.0 Å². The zero-order valence-corrected chi connectivity index (χ0v) is 20.4. The lowest BCUT2D eigenvalue weighted by molar-refractivity contribution is -0.384. The summed E-state index contributed by atoms with van der Waals surface area (Å²) in [5.74, 6) is -1.71. The lowest BCUT2D eigenvalue weighted by atomic mass is 9.76. The van der Waals surface area contributed by atoms with Crippen molar-refractivity contribution >= 4 is 35.1 Å². The smallest absolute Gasteiger partial charge is 0.337 e. The fourth-order valence-electron chi connectivity index (χ4n) is 4.33. The molecule has 2 atom stereocenters. The molecule has 0 aromatic heterocycles. The van der Waals surface area contributed by atoms with Gasteiger partial charge in [0.1, 0.15) is 12.5 Å². The van der Waals surface area contributed by atoms with Gasteiger partial charge in [0.2, 0.25) is 0 Å². The highest BCUT2D eigenvalue weighted by atomic mass is 32.2. The van der Waals surface area contributed by atoms with Gasteiger partial charge in [-0.15, -0.1) is 11.8 Å². The summed E-state index contributed by atoms with van der Waals surface area (Å²) in [6, 6.07) is 14.1. The van der Waals surface area contributed by atoms with Crippen LogP contribution in [-0.2, 0) is 24.8 Å². The lowest BCUT2D eigenvalue weighted by Crippen LogP contribution is -2.35. The van der Waals surface area contributed by atoms with Crippen LogP contribution in [0.4, 0.5) is 5.69 Å². The average molecular weight is 495 g/mol. The maximum absolute atomic E-state index is 13.2. The van der Waals surface area contributed by atoms with E-state index in [1.54, 1.807) is 19.1 Å². The number of thioether (sulfide) groups is 1. The Kier molecular flexibility index (Phi) is 7.65. The van der Waals surface area contributed by atoms with Crippen molar-refractivity contribution in [1.82, 2.24) is 0 Å². The molecule has 182 valence electrons. The van der Waals surface area contributed by atoms with Crippen LogP contribution in [0.5, 0.6) is 0 Å². The van der Waals surface area contributed by atoms with Crippen LogP contribution in [0.2, 0.25) is 0 Å². The molecule has 35 heavy (non-hydrogen) atoms. The Morgan fingerprint density at radius 1 is 1.26 bits per heavy atom. The van der Waals surface area contributed by atoms with Crippen LogP contribution in [0.15, 0.2) is 69.7 Å². The molecule has 0 spiro atoms. The van der Waals surface area contributed by atoms with Gasteiger partial charge in [0.05, 0.1) is 22.8 Å². The number of non-ortho nitro benzene ring substituents is 1. The van der Waals surface area contributed by atoms with E-state index in [0.29, 0.717) is 29.3 Å². The second-order valence-corrected chi connectivity index (χ2v) is 9.44. The maximum atomic E-state index is 13.2. The summed E-state index contributed by atoms with van der Waals surface area (Å²) >= 11 is 1.50. The van der Waals surface area contributed by atoms with Crippen molar-refractivity contribution in [1.29, 1.82) is 0 Å². The predicted molar refractivity (Wildman–Crippen MR) is 132 cm³/mol. The van der Waals surface area contributed by atoms with Crippen LogP contribution in [0.1, 0.15) is 43.7 Å². The predicted octanol–water partition coefficient (Wildman–Crippen LogP) is 5.22. The number of nitro groups is 1. The number of nitro benzene ring substituents is 1. The molecule has 2 aliphatic heterocycles. The van der Waals surface area contributed by atoms with Gasteiger partial charge in [-0.1, -0.05) is 43.7 Å². The van der Waals surface area contributed by atoms with E-state index in [2.05, 4.69) is 4.99 Å². The Balaban J connectivity index is 1.68. The van der Waals surface area contributed by atoms with Gasteiger partial charge in [-0.05, 0) is 30.5 Å². The zero-order chi connectivity index (χ0) is 24.9. The molecular weight excluding hydrogens is 468 g/mol. The molecule has 0 saturated heterocycles. The Hall–Kier alpha value is -3.46. The number of esters is 2. The monoisotopic (exact) mass is 494 g/mol. The first-order valence-electron chi connectivity index (χ1n) is 11.5. The van der Waals surface area contributed by atoms with Gasteiger partial charge < -0.3 is 9.47 Å². The summed E-state index contributed by atoms with van der Waals surface area (Å²) in [7, 11) is 0. The van der Waals surface area contributed by atoms with Crippen molar-refractivity contribution < 1.29 is 24.0 Å². The van der Waals surface area contributed by atoms with Crippen LogP contribution >= 0.6 is 11.8 Å². The molecule has 2 aromatic rings. The van der Waals surface area contributed by atoms with E-state index in [1.165, 1.54) is 17.8 Å². The highest BCUT2D eigenvalue weighted by molar-refractivity contribution is 7.98. The van der Waals surface area contributed by atoms with Crippen LogP contribution in [0.3, 0.4) is 0 Å². The lowest BCUT2D eigenvalue weighted by Gasteiger charge is -2.30. The standard InChI is InChI=1S/C26H26N2O6S/c1-3-4-12-33-25(29)22-16(2)27-20-14-34-26(30)24(20)23(22)19-10-5-6-11-21(19)35-15-17-8-7-9-18(13-17)28(31)32/h5-11,13,22-23H,3-4,12,14-15H2,1-2H3. The van der Waals surface area contributed by atoms with Gasteiger partial charge in [-0.25, -0.2) is 4.79 Å². The molecule has 0 radical (unpaired) electrons. The molecule has 4 rings (SSSR count). The number of hydrogen-bond acceptors (Lipinski definition) is 8. The molecule has 2 heterocycles. The summed E-state index contributed by atoms with van der Waals surface area (Å²) in [6.07, 6.45) is 1.65. The normalized spacial score (nSPS) is 19.1. The highest BCUT2D eigenvalue weighted by Crippen LogP contribution is 2.45. The minimum Gasteiger partial charge on any atom is -0.465 e. The molecule has 2 aromatic carbocycles. The van der Waals surface area contributed by atoms with E-state index < -0.39 is 28.7 Å². The van der Waals surface area contributed by atoms with Crippen LogP contribution in [-0.4, -0.2) is 35.8 Å². The van der Waals surface area contributed by atoms with Crippen LogP contribution < -0.4 is 0 Å². The number of unbranched alkanes of at least 4 members (excludes halogenated alkanes) is 1. The Labute approximate surface area is 207 Å². The van der Waals surface area contributed by atoms with Gasteiger partial charge in [0.25, 0.3) is 5.69 Å². The van der Waals surface area contributed by atoms with E-state index in [0.717, 1.165) is 28.9 Å². The molecular formula is C26H26N2O6S. The number of ether oxygens (including phenoxy) is 2. The van der Waals surface area contributed by atoms with E-state index in [1.807, 2.05) is 37.3 Å². The van der Waals surface area contributed by atoms with Crippen molar-refractivity contribution in [2.45, 2.75) is 43.3 Å². The molecule has 0 saturated carbocycles. The third kappa shape index (κ3) is 5.30. The molecule has 0 amide bonds. The number of aliphatic imine (C=N–C) groups is 1. The highest BCUT2D eigenvalue weighted by Gasteiger charge is 2.46. The second kappa shape index (κ2) is 10.9. The summed E-state index contributed by atoms with van der Waals surface area (Å²) in [4.78, 5) is 42.1. The number of carbonyl (C=O) groups excluding carboxylic acids is 2. The van der Waals surface area contributed by atoms with Crippen molar-refractivity contribution in [2.75, 3.05) is 13.2 Å². The fourth-order valence-corrected chi connectivity index (χ4v) is 5.37. The SMILES string of the molecule is CCCCOC(=O)C1C(C)=NC2=C(C(=O)OC2)C1c1ccccc1SCc1cccc([N+](=O)[O-])c1. The number of cyclic esters (lactones) is 1. The van der Waals surface area contributed by atoms with Gasteiger partial charge in [0, 0.05) is 34.4 Å². The second-order valence-electron chi connectivity index (χ2n) is 8.42. The topological polar surface area (TPSA) is 108 Å². The number of nitrogens with zero attached hydrogens (tertiary/aromatic N) is 2. The van der Waals surface area contributed by atoms with Crippen molar-refractivity contribution in [2.24, 2.45) is 10.9 Å². The van der Waals surface area contributed by atoms with Gasteiger partial charge in [0.15, 0.2) is 0 Å². The summed E-state index contributed by atoms with van der Waals surface area (Å²) in [5, 5.41) is 11.1. The van der Waals surface area contributed by atoms with Crippen LogP contribution in [0.25, 0.3) is 0 Å². The molecule has 0 fully saturated rings. The fraction of sp³-hybridized carbons (Fsp3) is 0.346. The quantitative estimate of drug-likeness (QED) is 0.155. The zero-order valence-electron chi connectivity index (χ0n) is 19.6. The molecule has 2 unspecified atom stereocenters. The molecule has 9 heteroatoms. The Bertz CT molecular complexity index is 1220. The number of carbonyl (C=O) groups is 2. The largest absolute Gasteiger partial charge is 0.465 e. The molecule has 0 aliphatic carbocycles. The molecule has 0 bridgehead atoms. The first-order valence-corrected chi connectivity index (χ1v) is 12.5. The maximum Gasteiger partial charge on any atom is 0.337 e. The van der Waals surface area contributed by atoms with E-state index in [9.17, 15) is 19.7 Å². The Morgan fingerprint density at radius 3 is 2.83 bits per heavy atom. The third-order valence-electron chi connectivity index (χ3n) is 6.04. The molecule has 2 aliphatic rings. The van der Waals surface area contributed by atoms with Gasteiger partial charge in [-0.2, -0.15) is 0 Å². The van der Waals surface area contributed by atoms with E-state index in [4.69, 9.17) is 9.47 Å². The molecule has 0 N–H and O–H groups in total. The third-order valence-corrected chi connectivity index (χ3v) is 7.20. The van der Waals surface area contributed by atoms with E-state index >= 15 is 0 Å². The van der Waals surface area contributed by atoms with Crippen molar-refractivity contribution in [3.05, 3.63) is 81.0 Å². The average Bonchev–Trinajstić information content (AvgIpc) is 3.22. The first kappa shape index (κ1) is 24.7. The van der Waals surface area contributed by atoms with Crippen molar-refractivity contribution in [3.63, 3.8) is 0 Å². The van der Waals surface area contributed by atoms with E-state index in [-0.39, 0.29) is 12.3 Å². The number of rotatable bonds is 9. The summed E-state index contributed by atoms with van der Waals surface area (Å²) < 4.78 is 10.9. The van der Waals surface area contributed by atoms with Gasteiger partial charge >= 0.3 is 11.9 Å². The van der Waals surface area contributed by atoms with Crippen molar-refractivity contribution in [3.8, 4) is 0 Å². The minimum absolute atomic E-state index is 0.0360. The first-order chi connectivity index (χ1) is 16.9. The number of benzene rings is 2. The summed E-state index contributed by atoms with van der Waals surface area (Å²) in [5.41, 5.74) is 3.18. The van der Waals surface area contributed by atoms with Gasteiger partial charge in [-0.3, -0.25) is 19.9 Å².